The smallest absolute Gasteiger partial charge is 0.329 e. The highest BCUT2D eigenvalue weighted by Crippen LogP contribution is 2.39. The van der Waals surface area contributed by atoms with Gasteiger partial charge in [0.1, 0.15) is 24.0 Å². The van der Waals surface area contributed by atoms with Crippen molar-refractivity contribution in [3.8, 4) is 0 Å². The number of amides is 1. The second-order valence-corrected chi connectivity index (χ2v) is 20.0. The molecule has 1 aliphatic carbocycles. The van der Waals surface area contributed by atoms with E-state index in [9.17, 15) is 34.5 Å². The van der Waals surface area contributed by atoms with Crippen LogP contribution in [-0.4, -0.2) is 123 Å². The summed E-state index contributed by atoms with van der Waals surface area (Å²) in [6.45, 7) is 14.3. The predicted octanol–water partition coefficient (Wildman–Crippen LogP) is 6.91. The third-order valence-corrected chi connectivity index (χ3v) is 15.1. The first-order chi connectivity index (χ1) is 31.4. The highest BCUT2D eigenvalue weighted by atomic mass is 16.7. The Balaban J connectivity index is 1.28. The predicted molar refractivity (Wildman–Crippen MR) is 252 cm³/mol. The lowest BCUT2D eigenvalue weighted by Crippen LogP contribution is -2.64. The fourth-order valence-corrected chi connectivity index (χ4v) is 11.1. The molecule has 14 unspecified atom stereocenters. The number of anilines is 1. The number of cyclic esters (lactones) is 1. The van der Waals surface area contributed by atoms with Gasteiger partial charge in [0.05, 0.1) is 30.5 Å². The molecule has 2 aromatic rings. The van der Waals surface area contributed by atoms with Gasteiger partial charge in [-0.15, -0.1) is 0 Å². The molecule has 1 saturated carbocycles. The zero-order chi connectivity index (χ0) is 48.0. The second kappa shape index (κ2) is 22.5. The monoisotopic (exact) mass is 920 g/mol. The normalized spacial score (nSPS) is 37.1. The molecular formula is C52H77N3O11. The van der Waals surface area contributed by atoms with Gasteiger partial charge in [-0.2, -0.15) is 0 Å². The summed E-state index contributed by atoms with van der Waals surface area (Å²) in [5, 5.41) is 40.1. The molecule has 4 N–H and O–H groups in total. The molecule has 6 rings (SSSR count). The van der Waals surface area contributed by atoms with Crippen LogP contribution in [0.15, 0.2) is 53.8 Å². The number of carbonyl (C=O) groups excluding carboxylic acids is 4. The van der Waals surface area contributed by atoms with Crippen molar-refractivity contribution in [1.29, 1.82) is 0 Å². The molecule has 366 valence electrons. The van der Waals surface area contributed by atoms with Crippen LogP contribution in [0.2, 0.25) is 0 Å². The Kier molecular flexibility index (Phi) is 17.5. The average molecular weight is 920 g/mol. The number of hydrogen-bond donors (Lipinski definition) is 4. The minimum Gasteiger partial charge on any atom is -0.456 e. The number of ether oxygens (including phenoxy) is 4. The van der Waals surface area contributed by atoms with Crippen LogP contribution >= 0.6 is 0 Å². The molecule has 4 aliphatic rings. The van der Waals surface area contributed by atoms with Crippen LogP contribution in [0.25, 0.3) is 10.9 Å². The summed E-state index contributed by atoms with van der Waals surface area (Å²) in [7, 11) is 3.07. The van der Waals surface area contributed by atoms with E-state index < -0.39 is 83.9 Å². The van der Waals surface area contributed by atoms with E-state index in [-0.39, 0.29) is 49.5 Å². The highest BCUT2D eigenvalue weighted by Gasteiger charge is 2.56. The number of ketones is 2. The van der Waals surface area contributed by atoms with Gasteiger partial charge in [-0.3, -0.25) is 14.4 Å². The number of nitrogens with one attached hydrogen (secondary N) is 1. The number of benzene rings is 1. The number of aliphatic hydroxyl groups is 3. The van der Waals surface area contributed by atoms with Crippen molar-refractivity contribution >= 4 is 40.0 Å². The number of hydrogen-bond acceptors (Lipinski definition) is 12. The van der Waals surface area contributed by atoms with Crippen LogP contribution < -0.4 is 5.32 Å². The standard InChI is InChI=1S/C52H77N3O11/c1-10-36-23-30(3)22-31(4)24-45(63-8)48-46(64-9)26-33(6)52(62,66-48)49(59)50(60)55-20-13-12-14-41(55)51(61)65-47(34(7)42(56)29-43(36)57)32(5)25-35-15-17-39(44(58)27-35)53-38-16-18-40-37(28-38)19-21-54(40)11-2/h16,18-19,21,23,25,28,31,33-36,39,41-42,44-48,53,56,58,62H,10-15,17,20,22,24,26-27,29H2,1-9H3/b30-23+,32-25?. The van der Waals surface area contributed by atoms with Crippen LogP contribution in [-0.2, 0) is 44.7 Å². The van der Waals surface area contributed by atoms with Gasteiger partial charge < -0.3 is 49.1 Å². The molecule has 0 spiro atoms. The van der Waals surface area contributed by atoms with E-state index in [0.717, 1.165) is 35.1 Å². The first kappa shape index (κ1) is 51.5. The number of fused-ring (bicyclic) bond motifs is 4. The van der Waals surface area contributed by atoms with Crippen LogP contribution in [0, 0.1) is 29.6 Å². The quantitative estimate of drug-likeness (QED) is 0.122. The molecule has 14 atom stereocenters. The molecule has 4 heterocycles. The van der Waals surface area contributed by atoms with E-state index in [0.29, 0.717) is 50.5 Å². The molecule has 1 aromatic carbocycles. The van der Waals surface area contributed by atoms with Gasteiger partial charge in [0.2, 0.25) is 5.79 Å². The number of piperidine rings is 1. The topological polar surface area (TPSA) is 186 Å². The summed E-state index contributed by atoms with van der Waals surface area (Å²) in [4.78, 5) is 58.4. The SMILES string of the molecule is CCC1/C=C(\C)CC(C)CC(OC)C2OC(O)(C(=O)C(=O)N3CCCCC3C(=O)OC(C(C)=CC3CCC(Nc4ccc5c(ccn5CC)c4)C(O)C3)C(C)C(O)CC1=O)C(C)CC2OC. The number of allylic oxidation sites excluding steroid dienone is 3. The summed E-state index contributed by atoms with van der Waals surface area (Å²) in [6.07, 6.45) is 6.05. The van der Waals surface area contributed by atoms with Crippen molar-refractivity contribution in [1.82, 2.24) is 9.47 Å². The van der Waals surface area contributed by atoms with Crippen molar-refractivity contribution in [2.75, 3.05) is 26.1 Å². The summed E-state index contributed by atoms with van der Waals surface area (Å²) < 4.78 is 26.6. The number of aromatic nitrogens is 1. The molecule has 3 fully saturated rings. The first-order valence-corrected chi connectivity index (χ1v) is 24.5. The number of Topliss-reactive ketones (excluding diaryl/α,β-unsaturated/α-hetero) is 2. The van der Waals surface area contributed by atoms with Crippen molar-refractivity contribution in [2.24, 2.45) is 29.6 Å². The van der Waals surface area contributed by atoms with Crippen molar-refractivity contribution in [2.45, 2.75) is 180 Å². The van der Waals surface area contributed by atoms with E-state index in [1.165, 1.54) is 19.1 Å². The molecule has 0 radical (unpaired) electrons. The zero-order valence-electron chi connectivity index (χ0n) is 40.7. The van der Waals surface area contributed by atoms with E-state index in [1.807, 2.05) is 39.0 Å². The van der Waals surface area contributed by atoms with E-state index in [1.54, 1.807) is 13.8 Å². The Morgan fingerprint density at radius 3 is 2.35 bits per heavy atom. The van der Waals surface area contributed by atoms with Gasteiger partial charge in [0.15, 0.2) is 0 Å². The molecule has 2 saturated heterocycles. The lowest BCUT2D eigenvalue weighted by Gasteiger charge is -2.47. The van der Waals surface area contributed by atoms with Gasteiger partial charge in [-0.05, 0) is 127 Å². The molecular weight excluding hydrogens is 843 g/mol. The lowest BCUT2D eigenvalue weighted by atomic mass is 9.81. The number of nitrogens with zero attached hydrogens (tertiary/aromatic N) is 2. The number of methoxy groups -OCH3 is 2. The van der Waals surface area contributed by atoms with Crippen LogP contribution in [0.4, 0.5) is 5.69 Å². The zero-order valence-corrected chi connectivity index (χ0v) is 40.7. The Morgan fingerprint density at radius 2 is 1.67 bits per heavy atom. The van der Waals surface area contributed by atoms with Gasteiger partial charge in [-0.1, -0.05) is 45.4 Å². The fourth-order valence-electron chi connectivity index (χ4n) is 11.1. The molecule has 1 aromatic heterocycles. The first-order valence-electron chi connectivity index (χ1n) is 24.5. The summed E-state index contributed by atoms with van der Waals surface area (Å²) in [5.41, 5.74) is 3.74. The molecule has 14 heteroatoms. The third-order valence-electron chi connectivity index (χ3n) is 15.1. The molecule has 66 heavy (non-hydrogen) atoms. The van der Waals surface area contributed by atoms with E-state index in [2.05, 4.69) is 48.1 Å². The Bertz CT molecular complexity index is 2080. The fraction of sp³-hybridized carbons (Fsp3) is 0.692. The van der Waals surface area contributed by atoms with Gasteiger partial charge in [0.25, 0.3) is 11.7 Å². The maximum absolute atomic E-state index is 14.5. The van der Waals surface area contributed by atoms with Crippen molar-refractivity contribution in [3.05, 3.63) is 53.8 Å². The Morgan fingerprint density at radius 1 is 0.939 bits per heavy atom. The number of aliphatic hydroxyl groups excluding tert-OH is 2. The van der Waals surface area contributed by atoms with Gasteiger partial charge in [-0.25, -0.2) is 4.79 Å². The minimum atomic E-state index is -2.51. The Labute approximate surface area is 391 Å². The maximum Gasteiger partial charge on any atom is 0.329 e. The largest absolute Gasteiger partial charge is 0.456 e. The lowest BCUT2D eigenvalue weighted by molar-refractivity contribution is -0.302. The molecule has 3 aliphatic heterocycles. The van der Waals surface area contributed by atoms with E-state index >= 15 is 0 Å². The number of esters is 1. The Hall–Kier alpha value is -3.92. The third kappa shape index (κ3) is 11.5. The number of aryl methyl sites for hydroxylation is 1. The highest BCUT2D eigenvalue weighted by molar-refractivity contribution is 6.39. The van der Waals surface area contributed by atoms with Gasteiger partial charge in [0, 0.05) is 74.3 Å². The van der Waals surface area contributed by atoms with Crippen LogP contribution in [0.1, 0.15) is 119 Å². The molecule has 2 bridgehead atoms. The summed E-state index contributed by atoms with van der Waals surface area (Å²) in [5.74, 6) is -7.65. The van der Waals surface area contributed by atoms with Crippen molar-refractivity contribution < 1.29 is 53.4 Å². The van der Waals surface area contributed by atoms with Crippen LogP contribution in [0.3, 0.4) is 0 Å². The number of rotatable bonds is 8. The van der Waals surface area contributed by atoms with Gasteiger partial charge >= 0.3 is 5.97 Å². The minimum absolute atomic E-state index is 0.0269. The number of carbonyl (C=O) groups is 4. The summed E-state index contributed by atoms with van der Waals surface area (Å²) in [6, 6.07) is 7.01. The molecule has 14 nitrogen and oxygen atoms in total. The van der Waals surface area contributed by atoms with Crippen LogP contribution in [0.5, 0.6) is 0 Å². The summed E-state index contributed by atoms with van der Waals surface area (Å²) >= 11 is 0. The maximum atomic E-state index is 14.5. The second-order valence-electron chi connectivity index (χ2n) is 20.0. The molecule has 1 amide bonds. The van der Waals surface area contributed by atoms with E-state index in [4.69, 9.17) is 18.9 Å². The van der Waals surface area contributed by atoms with Crippen molar-refractivity contribution in [3.63, 3.8) is 0 Å². The average Bonchev–Trinajstić information content (AvgIpc) is 3.72.